The number of carbonyl (C=O) groups is 1. The molecule has 1 amide bonds. The summed E-state index contributed by atoms with van der Waals surface area (Å²) in [6, 6.07) is 16.7. The van der Waals surface area contributed by atoms with Crippen LogP contribution in [0.25, 0.3) is 22.6 Å². The summed E-state index contributed by atoms with van der Waals surface area (Å²) in [5, 5.41) is 6.81. The van der Waals surface area contributed by atoms with Crippen molar-refractivity contribution in [3.8, 4) is 28.3 Å². The summed E-state index contributed by atoms with van der Waals surface area (Å²) < 4.78 is 10.7. The van der Waals surface area contributed by atoms with Crippen LogP contribution in [0.5, 0.6) is 5.75 Å². The fourth-order valence-electron chi connectivity index (χ4n) is 2.27. The van der Waals surface area contributed by atoms with Gasteiger partial charge in [0, 0.05) is 22.9 Å². The van der Waals surface area contributed by atoms with Crippen molar-refractivity contribution in [2.24, 2.45) is 0 Å². The molecule has 1 N–H and O–H groups in total. The van der Waals surface area contributed by atoms with E-state index in [4.69, 9.17) is 20.9 Å². The van der Waals surface area contributed by atoms with E-state index in [2.05, 4.69) is 10.5 Å². The summed E-state index contributed by atoms with van der Waals surface area (Å²) in [6.45, 7) is 0. The largest absolute Gasteiger partial charge is 0.497 e. The summed E-state index contributed by atoms with van der Waals surface area (Å²) in [5.41, 5.74) is 3.07. The topological polar surface area (TPSA) is 64.4 Å². The van der Waals surface area contributed by atoms with Crippen molar-refractivity contribution < 1.29 is 14.1 Å². The average Bonchev–Trinajstić information content (AvgIpc) is 3.12. The van der Waals surface area contributed by atoms with Crippen LogP contribution in [0.1, 0.15) is 0 Å². The zero-order chi connectivity index (χ0) is 16.9. The Bertz CT molecular complexity index is 861. The van der Waals surface area contributed by atoms with Crippen molar-refractivity contribution in [2.45, 2.75) is 0 Å². The Morgan fingerprint density at radius 2 is 1.96 bits per heavy atom. The molecule has 3 rings (SSSR count). The molecule has 1 aromatic heterocycles. The normalized spacial score (nSPS) is 10.4. The van der Waals surface area contributed by atoms with Crippen LogP contribution in [-0.2, 0) is 4.79 Å². The van der Waals surface area contributed by atoms with E-state index in [9.17, 15) is 4.79 Å². The van der Waals surface area contributed by atoms with E-state index in [0.29, 0.717) is 17.1 Å². The molecule has 2 aromatic carbocycles. The number of carbonyl (C=O) groups excluding carboxylic acids is 1. The van der Waals surface area contributed by atoms with Crippen molar-refractivity contribution in [3.63, 3.8) is 0 Å². The van der Waals surface area contributed by atoms with Gasteiger partial charge < -0.3 is 14.6 Å². The predicted octanol–water partition coefficient (Wildman–Crippen LogP) is 4.19. The molecule has 122 valence electrons. The Morgan fingerprint density at radius 3 is 2.75 bits per heavy atom. The van der Waals surface area contributed by atoms with Gasteiger partial charge in [-0.1, -0.05) is 29.4 Å². The molecule has 3 aromatic rings. The Labute approximate surface area is 144 Å². The van der Waals surface area contributed by atoms with Gasteiger partial charge >= 0.3 is 0 Å². The van der Waals surface area contributed by atoms with Gasteiger partial charge in [-0.3, -0.25) is 4.79 Å². The molecule has 0 saturated heterocycles. The number of halogens is 1. The minimum atomic E-state index is -0.261. The SMILES string of the molecule is COc1cccc(-c2cc(-c3cccc(NC(=O)CCl)c3)on2)c1. The molecule has 24 heavy (non-hydrogen) atoms. The van der Waals surface area contributed by atoms with E-state index >= 15 is 0 Å². The van der Waals surface area contributed by atoms with Crippen LogP contribution in [0.3, 0.4) is 0 Å². The summed E-state index contributed by atoms with van der Waals surface area (Å²) in [4.78, 5) is 11.4. The minimum absolute atomic E-state index is 0.0908. The maximum atomic E-state index is 11.4. The highest BCUT2D eigenvalue weighted by Crippen LogP contribution is 2.29. The summed E-state index contributed by atoms with van der Waals surface area (Å²) in [5.74, 6) is 1.01. The third-order valence-corrected chi connectivity index (χ3v) is 3.67. The van der Waals surface area contributed by atoms with E-state index in [1.165, 1.54) is 0 Å². The molecule has 0 aliphatic heterocycles. The van der Waals surface area contributed by atoms with Gasteiger partial charge in [0.05, 0.1) is 7.11 Å². The quantitative estimate of drug-likeness (QED) is 0.706. The van der Waals surface area contributed by atoms with E-state index in [1.54, 1.807) is 19.2 Å². The predicted molar refractivity (Wildman–Crippen MR) is 93.3 cm³/mol. The van der Waals surface area contributed by atoms with Crippen molar-refractivity contribution in [1.82, 2.24) is 5.16 Å². The highest BCUT2D eigenvalue weighted by Gasteiger charge is 2.10. The van der Waals surface area contributed by atoms with Crippen LogP contribution in [0.15, 0.2) is 59.1 Å². The summed E-state index contributed by atoms with van der Waals surface area (Å²) in [7, 11) is 1.62. The maximum absolute atomic E-state index is 11.4. The molecule has 1 heterocycles. The number of nitrogens with zero attached hydrogens (tertiary/aromatic N) is 1. The first-order valence-corrected chi connectivity index (χ1v) is 7.80. The Kier molecular flexibility index (Phi) is 4.82. The zero-order valence-corrected chi connectivity index (χ0v) is 13.7. The number of aromatic nitrogens is 1. The highest BCUT2D eigenvalue weighted by molar-refractivity contribution is 6.29. The van der Waals surface area contributed by atoms with Crippen LogP contribution in [0, 0.1) is 0 Å². The van der Waals surface area contributed by atoms with Gasteiger partial charge in [-0.05, 0) is 24.3 Å². The average molecular weight is 343 g/mol. The second-order valence-corrected chi connectivity index (χ2v) is 5.34. The van der Waals surface area contributed by atoms with E-state index < -0.39 is 0 Å². The molecule has 5 nitrogen and oxygen atoms in total. The molecule has 0 spiro atoms. The third kappa shape index (κ3) is 3.58. The monoisotopic (exact) mass is 342 g/mol. The summed E-state index contributed by atoms with van der Waals surface area (Å²) in [6.07, 6.45) is 0. The first-order valence-electron chi connectivity index (χ1n) is 7.27. The van der Waals surface area contributed by atoms with Crippen molar-refractivity contribution in [1.29, 1.82) is 0 Å². The number of hydrogen-bond acceptors (Lipinski definition) is 4. The van der Waals surface area contributed by atoms with Crippen LogP contribution < -0.4 is 10.1 Å². The highest BCUT2D eigenvalue weighted by atomic mass is 35.5. The molecule has 6 heteroatoms. The summed E-state index contributed by atoms with van der Waals surface area (Å²) >= 11 is 5.50. The van der Waals surface area contributed by atoms with E-state index in [0.717, 1.165) is 16.9 Å². The van der Waals surface area contributed by atoms with Crippen molar-refractivity contribution in [3.05, 3.63) is 54.6 Å². The number of methoxy groups -OCH3 is 1. The number of anilines is 1. The van der Waals surface area contributed by atoms with Gasteiger partial charge in [0.2, 0.25) is 5.91 Å². The van der Waals surface area contributed by atoms with Crippen LogP contribution in [0.4, 0.5) is 5.69 Å². The van der Waals surface area contributed by atoms with Crippen LogP contribution in [-0.4, -0.2) is 24.1 Å². The number of rotatable bonds is 5. The van der Waals surface area contributed by atoms with Crippen LogP contribution >= 0.6 is 11.6 Å². The molecule has 0 unspecified atom stereocenters. The second-order valence-electron chi connectivity index (χ2n) is 5.07. The molecular formula is C18H15ClN2O3. The lowest BCUT2D eigenvalue weighted by molar-refractivity contribution is -0.113. The Balaban J connectivity index is 1.87. The molecule has 0 bridgehead atoms. The van der Waals surface area contributed by atoms with Gasteiger partial charge in [-0.2, -0.15) is 0 Å². The molecular weight excluding hydrogens is 328 g/mol. The lowest BCUT2D eigenvalue weighted by Crippen LogP contribution is -2.12. The standard InChI is InChI=1S/C18H15ClN2O3/c1-23-15-7-3-4-12(9-15)16-10-17(24-21-16)13-5-2-6-14(8-13)20-18(22)11-19/h2-10H,11H2,1H3,(H,20,22). The number of ether oxygens (including phenoxy) is 1. The lowest BCUT2D eigenvalue weighted by atomic mass is 10.1. The molecule has 0 fully saturated rings. The van der Waals surface area contributed by atoms with Gasteiger partial charge in [0.25, 0.3) is 0 Å². The first kappa shape index (κ1) is 16.1. The Hall–Kier alpha value is -2.79. The number of benzene rings is 2. The Morgan fingerprint density at radius 1 is 1.17 bits per heavy atom. The fourth-order valence-corrected chi connectivity index (χ4v) is 2.34. The zero-order valence-electron chi connectivity index (χ0n) is 13.0. The van der Waals surface area contributed by atoms with Gasteiger partial charge in [-0.15, -0.1) is 11.6 Å². The van der Waals surface area contributed by atoms with Crippen molar-refractivity contribution >= 4 is 23.2 Å². The molecule has 0 aliphatic rings. The van der Waals surface area contributed by atoms with E-state index in [1.807, 2.05) is 42.5 Å². The molecule has 0 saturated carbocycles. The molecule has 0 radical (unpaired) electrons. The number of hydrogen-bond donors (Lipinski definition) is 1. The van der Waals surface area contributed by atoms with E-state index in [-0.39, 0.29) is 11.8 Å². The smallest absolute Gasteiger partial charge is 0.239 e. The fraction of sp³-hybridized carbons (Fsp3) is 0.111. The maximum Gasteiger partial charge on any atom is 0.239 e. The first-order chi connectivity index (χ1) is 11.7. The molecule has 0 aliphatic carbocycles. The third-order valence-electron chi connectivity index (χ3n) is 3.43. The number of alkyl halides is 1. The molecule has 0 atom stereocenters. The lowest BCUT2D eigenvalue weighted by Gasteiger charge is -2.04. The van der Waals surface area contributed by atoms with Gasteiger partial charge in [0.15, 0.2) is 5.76 Å². The van der Waals surface area contributed by atoms with Crippen molar-refractivity contribution in [2.75, 3.05) is 18.3 Å². The van der Waals surface area contributed by atoms with Gasteiger partial charge in [0.1, 0.15) is 17.3 Å². The second kappa shape index (κ2) is 7.19. The minimum Gasteiger partial charge on any atom is -0.497 e. The van der Waals surface area contributed by atoms with Crippen LogP contribution in [0.2, 0.25) is 0 Å². The number of amides is 1. The number of nitrogens with one attached hydrogen (secondary N) is 1. The van der Waals surface area contributed by atoms with Gasteiger partial charge in [-0.25, -0.2) is 0 Å².